The summed E-state index contributed by atoms with van der Waals surface area (Å²) in [5.74, 6) is 0.782. The van der Waals surface area contributed by atoms with E-state index in [0.29, 0.717) is 16.6 Å². The van der Waals surface area contributed by atoms with Gasteiger partial charge in [0.25, 0.3) is 5.69 Å². The number of halogens is 1. The van der Waals surface area contributed by atoms with Gasteiger partial charge in [0.15, 0.2) is 0 Å². The molecule has 0 saturated heterocycles. The first kappa shape index (κ1) is 14.6. The number of nitro benzene ring substituents is 1. The molecule has 20 heavy (non-hydrogen) atoms. The predicted molar refractivity (Wildman–Crippen MR) is 77.1 cm³/mol. The molecule has 0 aliphatic rings. The lowest BCUT2D eigenvalue weighted by atomic mass is 10.1. The van der Waals surface area contributed by atoms with Crippen molar-refractivity contribution in [3.8, 4) is 0 Å². The number of nitro groups is 1. The number of rotatable bonds is 5. The molecule has 0 bridgehead atoms. The molecular weight excluding hydrogens is 326 g/mol. The van der Waals surface area contributed by atoms with Crippen LogP contribution in [0.1, 0.15) is 24.4 Å². The van der Waals surface area contributed by atoms with Crippen LogP contribution in [0.2, 0.25) is 0 Å². The van der Waals surface area contributed by atoms with Crippen LogP contribution in [0.15, 0.2) is 29.0 Å². The van der Waals surface area contributed by atoms with Gasteiger partial charge in [0.1, 0.15) is 12.2 Å². The van der Waals surface area contributed by atoms with Crippen molar-refractivity contribution in [1.29, 1.82) is 0 Å². The Balaban J connectivity index is 2.11. The molecular formula is C12H14BrN5O2. The Morgan fingerprint density at radius 2 is 2.30 bits per heavy atom. The zero-order valence-corrected chi connectivity index (χ0v) is 12.7. The van der Waals surface area contributed by atoms with Crippen molar-refractivity contribution < 1.29 is 4.92 Å². The van der Waals surface area contributed by atoms with Crippen molar-refractivity contribution in [3.63, 3.8) is 0 Å². The zero-order valence-electron chi connectivity index (χ0n) is 11.1. The summed E-state index contributed by atoms with van der Waals surface area (Å²) < 4.78 is 2.50. The maximum atomic E-state index is 11.0. The van der Waals surface area contributed by atoms with Crippen LogP contribution in [-0.2, 0) is 13.6 Å². The Labute approximate surface area is 124 Å². The van der Waals surface area contributed by atoms with E-state index in [1.54, 1.807) is 18.5 Å². The van der Waals surface area contributed by atoms with Crippen LogP contribution in [0, 0.1) is 10.1 Å². The second-order valence-corrected chi connectivity index (χ2v) is 5.35. The van der Waals surface area contributed by atoms with Gasteiger partial charge in [-0.05, 0) is 19.1 Å². The summed E-state index contributed by atoms with van der Waals surface area (Å²) in [7, 11) is 1.86. The molecule has 1 aromatic heterocycles. The number of hydrogen-bond acceptors (Lipinski definition) is 5. The lowest BCUT2D eigenvalue weighted by molar-refractivity contribution is -0.385. The maximum Gasteiger partial charge on any atom is 0.275 e. The average Bonchev–Trinajstić information content (AvgIpc) is 2.83. The summed E-state index contributed by atoms with van der Waals surface area (Å²) >= 11 is 3.24. The minimum atomic E-state index is -0.380. The highest BCUT2D eigenvalue weighted by Crippen LogP contribution is 2.24. The Kier molecular flexibility index (Phi) is 4.46. The van der Waals surface area contributed by atoms with E-state index in [9.17, 15) is 10.1 Å². The molecule has 106 valence electrons. The van der Waals surface area contributed by atoms with Crippen LogP contribution in [-0.4, -0.2) is 19.7 Å². The van der Waals surface area contributed by atoms with Gasteiger partial charge in [0.05, 0.1) is 11.0 Å². The summed E-state index contributed by atoms with van der Waals surface area (Å²) in [6.45, 7) is 2.33. The predicted octanol–water partition coefficient (Wildman–Crippen LogP) is 2.34. The zero-order chi connectivity index (χ0) is 14.7. The van der Waals surface area contributed by atoms with Crippen molar-refractivity contribution >= 4 is 21.6 Å². The summed E-state index contributed by atoms with van der Waals surface area (Å²) in [4.78, 5) is 10.7. The molecule has 0 fully saturated rings. The van der Waals surface area contributed by atoms with Crippen LogP contribution in [0.4, 0.5) is 5.69 Å². The first-order chi connectivity index (χ1) is 9.49. The van der Waals surface area contributed by atoms with E-state index >= 15 is 0 Å². The molecule has 2 rings (SSSR count). The molecule has 0 saturated carbocycles. The molecule has 1 atom stereocenters. The third-order valence-electron chi connectivity index (χ3n) is 2.98. The van der Waals surface area contributed by atoms with Crippen molar-refractivity contribution in [3.05, 3.63) is 50.5 Å². The lowest BCUT2D eigenvalue weighted by Gasteiger charge is -2.13. The van der Waals surface area contributed by atoms with Gasteiger partial charge < -0.3 is 9.88 Å². The fourth-order valence-electron chi connectivity index (χ4n) is 1.89. The van der Waals surface area contributed by atoms with Crippen LogP contribution in [0.3, 0.4) is 0 Å². The Morgan fingerprint density at radius 1 is 1.55 bits per heavy atom. The molecule has 0 spiro atoms. The third-order valence-corrected chi connectivity index (χ3v) is 3.47. The molecule has 0 aliphatic heterocycles. The number of nitrogens with one attached hydrogen (secondary N) is 1. The second kappa shape index (κ2) is 6.10. The van der Waals surface area contributed by atoms with Crippen molar-refractivity contribution in [2.75, 3.05) is 0 Å². The summed E-state index contributed by atoms with van der Waals surface area (Å²) in [5, 5.41) is 22.1. The first-order valence-corrected chi connectivity index (χ1v) is 6.78. The Hall–Kier alpha value is -1.80. The van der Waals surface area contributed by atoms with Gasteiger partial charge in [-0.3, -0.25) is 10.1 Å². The molecule has 2 aromatic rings. The van der Waals surface area contributed by atoms with E-state index in [0.717, 1.165) is 5.82 Å². The number of benzene rings is 1. The SMILES string of the molecule is CC(NCc1ccc(Br)cc1[N+](=O)[O-])c1nncn1C. The van der Waals surface area contributed by atoms with Crippen molar-refractivity contribution in [1.82, 2.24) is 20.1 Å². The summed E-state index contributed by atoms with van der Waals surface area (Å²) in [6.07, 6.45) is 1.62. The molecule has 1 N–H and O–H groups in total. The van der Waals surface area contributed by atoms with E-state index in [4.69, 9.17) is 0 Å². The van der Waals surface area contributed by atoms with Crippen molar-refractivity contribution in [2.45, 2.75) is 19.5 Å². The fourth-order valence-corrected chi connectivity index (χ4v) is 2.24. The van der Waals surface area contributed by atoms with Crippen LogP contribution in [0.5, 0.6) is 0 Å². The van der Waals surface area contributed by atoms with Crippen molar-refractivity contribution in [2.24, 2.45) is 7.05 Å². The highest BCUT2D eigenvalue weighted by molar-refractivity contribution is 9.10. The minimum absolute atomic E-state index is 0.0502. The van der Waals surface area contributed by atoms with E-state index in [-0.39, 0.29) is 16.7 Å². The molecule has 0 aliphatic carbocycles. The highest BCUT2D eigenvalue weighted by Gasteiger charge is 2.16. The van der Waals surface area contributed by atoms with Gasteiger partial charge >= 0.3 is 0 Å². The monoisotopic (exact) mass is 339 g/mol. The molecule has 1 unspecified atom stereocenters. The maximum absolute atomic E-state index is 11.0. The Bertz CT molecular complexity index is 628. The van der Waals surface area contributed by atoms with E-state index < -0.39 is 0 Å². The topological polar surface area (TPSA) is 85.9 Å². The van der Waals surface area contributed by atoms with E-state index in [2.05, 4.69) is 31.4 Å². The smallest absolute Gasteiger partial charge is 0.275 e. The quantitative estimate of drug-likeness (QED) is 0.667. The normalized spacial score (nSPS) is 12.3. The van der Waals surface area contributed by atoms with E-state index in [1.807, 2.05) is 18.5 Å². The number of nitrogens with zero attached hydrogens (tertiary/aromatic N) is 4. The average molecular weight is 340 g/mol. The minimum Gasteiger partial charge on any atom is -0.319 e. The highest BCUT2D eigenvalue weighted by atomic mass is 79.9. The summed E-state index contributed by atoms with van der Waals surface area (Å²) in [6, 6.07) is 4.98. The lowest BCUT2D eigenvalue weighted by Crippen LogP contribution is -2.21. The van der Waals surface area contributed by atoms with E-state index in [1.165, 1.54) is 6.07 Å². The fraction of sp³-hybridized carbons (Fsp3) is 0.333. The number of aryl methyl sites for hydroxylation is 1. The number of hydrogen-bond donors (Lipinski definition) is 1. The van der Waals surface area contributed by atoms with Gasteiger partial charge in [0, 0.05) is 29.7 Å². The van der Waals surface area contributed by atoms with Gasteiger partial charge in [0.2, 0.25) is 0 Å². The molecule has 0 amide bonds. The Morgan fingerprint density at radius 3 is 2.90 bits per heavy atom. The van der Waals surface area contributed by atoms with Gasteiger partial charge in [-0.2, -0.15) is 0 Å². The molecule has 7 nitrogen and oxygen atoms in total. The van der Waals surface area contributed by atoms with Crippen LogP contribution >= 0.6 is 15.9 Å². The molecule has 1 heterocycles. The second-order valence-electron chi connectivity index (χ2n) is 4.43. The largest absolute Gasteiger partial charge is 0.319 e. The van der Waals surface area contributed by atoms with Crippen LogP contribution in [0.25, 0.3) is 0 Å². The molecule has 1 aromatic carbocycles. The molecule has 0 radical (unpaired) electrons. The standard InChI is InChI=1S/C12H14BrN5O2/c1-8(12-16-15-7-17(12)2)14-6-9-3-4-10(13)5-11(9)18(19)20/h3-5,7-8,14H,6H2,1-2H3. The molecule has 8 heteroatoms. The first-order valence-electron chi connectivity index (χ1n) is 5.99. The number of aromatic nitrogens is 3. The van der Waals surface area contributed by atoms with Gasteiger partial charge in [-0.1, -0.05) is 15.9 Å². The van der Waals surface area contributed by atoms with Crippen LogP contribution < -0.4 is 5.32 Å². The summed E-state index contributed by atoms with van der Waals surface area (Å²) in [5.41, 5.74) is 0.726. The van der Waals surface area contributed by atoms with Gasteiger partial charge in [-0.15, -0.1) is 10.2 Å². The third kappa shape index (κ3) is 3.20. The van der Waals surface area contributed by atoms with Gasteiger partial charge in [-0.25, -0.2) is 0 Å².